The van der Waals surface area contributed by atoms with Gasteiger partial charge in [0.15, 0.2) is 0 Å². The molecule has 2 aromatic rings. The molecule has 0 bridgehead atoms. The van der Waals surface area contributed by atoms with E-state index in [0.29, 0.717) is 0 Å². The van der Waals surface area contributed by atoms with Crippen LogP contribution in [0, 0.1) is 6.92 Å². The van der Waals surface area contributed by atoms with E-state index in [1.54, 1.807) is 16.8 Å². The van der Waals surface area contributed by atoms with Gasteiger partial charge in [0.1, 0.15) is 0 Å². The van der Waals surface area contributed by atoms with Gasteiger partial charge in [-0.15, -0.1) is 11.3 Å². The molecule has 1 atom stereocenters. The van der Waals surface area contributed by atoms with E-state index in [-0.39, 0.29) is 6.04 Å². The number of nitrogens with one attached hydrogen (secondary N) is 1. The molecule has 1 aromatic carbocycles. The van der Waals surface area contributed by atoms with Gasteiger partial charge in [-0.05, 0) is 24.1 Å². The second-order valence-electron chi connectivity index (χ2n) is 3.51. The Labute approximate surface area is 103 Å². The van der Waals surface area contributed by atoms with Gasteiger partial charge in [0.2, 0.25) is 0 Å². The van der Waals surface area contributed by atoms with Crippen molar-refractivity contribution in [3.05, 3.63) is 50.9 Å². The lowest BCUT2D eigenvalue weighted by atomic mass is 10.0. The molecule has 3 nitrogen and oxygen atoms in total. The first-order valence-electron chi connectivity index (χ1n) is 4.83. The van der Waals surface area contributed by atoms with Crippen molar-refractivity contribution in [1.29, 1.82) is 0 Å². The van der Waals surface area contributed by atoms with Gasteiger partial charge in [-0.1, -0.05) is 23.7 Å². The van der Waals surface area contributed by atoms with Gasteiger partial charge in [0.05, 0.1) is 11.6 Å². The molecule has 0 saturated heterocycles. The van der Waals surface area contributed by atoms with Crippen LogP contribution in [0.25, 0.3) is 0 Å². The maximum Gasteiger partial charge on any atom is 0.0819 e. The van der Waals surface area contributed by atoms with E-state index in [1.807, 2.05) is 31.3 Å². The summed E-state index contributed by atoms with van der Waals surface area (Å²) in [4.78, 5) is 5.12. The Kier molecular flexibility index (Phi) is 3.56. The van der Waals surface area contributed by atoms with Crippen molar-refractivity contribution in [3.63, 3.8) is 0 Å². The Hall–Kier alpha value is -0.940. The number of thiazole rings is 1. The molecule has 16 heavy (non-hydrogen) atoms. The van der Waals surface area contributed by atoms with Crippen LogP contribution < -0.4 is 11.3 Å². The molecule has 5 heteroatoms. The average Bonchev–Trinajstić information content (AvgIpc) is 2.78. The highest BCUT2D eigenvalue weighted by Crippen LogP contribution is 2.27. The van der Waals surface area contributed by atoms with Gasteiger partial charge >= 0.3 is 0 Å². The summed E-state index contributed by atoms with van der Waals surface area (Å²) in [5.74, 6) is 5.57. The SMILES string of the molecule is Cc1ccc(C(NN)c2cncs2)cc1Cl. The first-order valence-corrected chi connectivity index (χ1v) is 6.08. The third-order valence-electron chi connectivity index (χ3n) is 2.43. The van der Waals surface area contributed by atoms with Crippen LogP contribution in [0.1, 0.15) is 22.0 Å². The zero-order valence-corrected chi connectivity index (χ0v) is 10.3. The maximum atomic E-state index is 6.10. The Morgan fingerprint density at radius 2 is 2.31 bits per heavy atom. The Morgan fingerprint density at radius 1 is 1.50 bits per heavy atom. The summed E-state index contributed by atoms with van der Waals surface area (Å²) in [5.41, 5.74) is 6.67. The molecule has 1 aromatic heterocycles. The van der Waals surface area contributed by atoms with Crippen LogP contribution in [-0.2, 0) is 0 Å². The first kappa shape index (κ1) is 11.5. The largest absolute Gasteiger partial charge is 0.271 e. The number of hydrazine groups is 1. The Morgan fingerprint density at radius 3 is 2.88 bits per heavy atom. The molecule has 0 aliphatic heterocycles. The minimum absolute atomic E-state index is 0.0504. The van der Waals surface area contributed by atoms with Crippen LogP contribution in [0.5, 0.6) is 0 Å². The van der Waals surface area contributed by atoms with Gasteiger partial charge in [-0.2, -0.15) is 0 Å². The fraction of sp³-hybridized carbons (Fsp3) is 0.182. The number of halogens is 1. The van der Waals surface area contributed by atoms with E-state index in [9.17, 15) is 0 Å². The zero-order chi connectivity index (χ0) is 11.5. The summed E-state index contributed by atoms with van der Waals surface area (Å²) >= 11 is 7.66. The van der Waals surface area contributed by atoms with Crippen molar-refractivity contribution in [2.45, 2.75) is 13.0 Å². The predicted molar refractivity (Wildman–Crippen MR) is 67.5 cm³/mol. The van der Waals surface area contributed by atoms with Gasteiger partial charge < -0.3 is 0 Å². The van der Waals surface area contributed by atoms with Gasteiger partial charge in [-0.3, -0.25) is 10.8 Å². The molecule has 1 heterocycles. The molecule has 0 fully saturated rings. The monoisotopic (exact) mass is 253 g/mol. The normalized spacial score (nSPS) is 12.7. The number of benzene rings is 1. The smallest absolute Gasteiger partial charge is 0.0819 e. The number of rotatable bonds is 3. The lowest BCUT2D eigenvalue weighted by molar-refractivity contribution is 0.645. The first-order chi connectivity index (χ1) is 7.72. The summed E-state index contributed by atoms with van der Waals surface area (Å²) in [6, 6.07) is 5.89. The summed E-state index contributed by atoms with van der Waals surface area (Å²) in [6.07, 6.45) is 1.81. The molecule has 0 saturated carbocycles. The van der Waals surface area contributed by atoms with Crippen molar-refractivity contribution in [2.75, 3.05) is 0 Å². The maximum absolute atomic E-state index is 6.10. The highest BCUT2D eigenvalue weighted by molar-refractivity contribution is 7.09. The fourth-order valence-electron chi connectivity index (χ4n) is 1.50. The quantitative estimate of drug-likeness (QED) is 0.653. The van der Waals surface area contributed by atoms with Crippen LogP contribution >= 0.6 is 22.9 Å². The standard InChI is InChI=1S/C11H12ClN3S/c1-7-2-3-8(4-9(7)12)11(15-13)10-5-14-6-16-10/h2-6,11,15H,13H2,1H3. The topological polar surface area (TPSA) is 50.9 Å². The summed E-state index contributed by atoms with van der Waals surface area (Å²) in [6.45, 7) is 1.98. The second kappa shape index (κ2) is 4.93. The van der Waals surface area contributed by atoms with Crippen molar-refractivity contribution in [1.82, 2.24) is 10.4 Å². The van der Waals surface area contributed by atoms with E-state index in [2.05, 4.69) is 10.4 Å². The van der Waals surface area contributed by atoms with E-state index in [0.717, 1.165) is 21.0 Å². The molecule has 0 aliphatic carbocycles. The molecule has 0 radical (unpaired) electrons. The van der Waals surface area contributed by atoms with Crippen molar-refractivity contribution >= 4 is 22.9 Å². The van der Waals surface area contributed by atoms with Gasteiger partial charge in [0, 0.05) is 16.1 Å². The van der Waals surface area contributed by atoms with E-state index in [4.69, 9.17) is 17.4 Å². The van der Waals surface area contributed by atoms with Crippen LogP contribution in [0.2, 0.25) is 5.02 Å². The number of hydrogen-bond acceptors (Lipinski definition) is 4. The average molecular weight is 254 g/mol. The molecular weight excluding hydrogens is 242 g/mol. The molecule has 2 rings (SSSR count). The van der Waals surface area contributed by atoms with Crippen LogP contribution in [0.15, 0.2) is 29.9 Å². The van der Waals surface area contributed by atoms with Gasteiger partial charge in [-0.25, -0.2) is 5.43 Å². The van der Waals surface area contributed by atoms with E-state index >= 15 is 0 Å². The van der Waals surface area contributed by atoms with Gasteiger partial charge in [0.25, 0.3) is 0 Å². The van der Waals surface area contributed by atoms with Crippen molar-refractivity contribution in [2.24, 2.45) is 5.84 Å². The highest BCUT2D eigenvalue weighted by atomic mass is 35.5. The molecule has 0 amide bonds. The summed E-state index contributed by atoms with van der Waals surface area (Å²) in [5, 5.41) is 0.752. The van der Waals surface area contributed by atoms with Crippen molar-refractivity contribution in [3.8, 4) is 0 Å². The van der Waals surface area contributed by atoms with Crippen LogP contribution in [0.3, 0.4) is 0 Å². The molecule has 0 aliphatic rings. The second-order valence-corrected chi connectivity index (χ2v) is 4.84. The number of aromatic nitrogens is 1. The number of aryl methyl sites for hydroxylation is 1. The minimum Gasteiger partial charge on any atom is -0.271 e. The number of nitrogens with zero attached hydrogens (tertiary/aromatic N) is 1. The Balaban J connectivity index is 2.37. The number of nitrogens with two attached hydrogens (primary N) is 1. The third kappa shape index (κ3) is 2.25. The molecular formula is C11H12ClN3S. The summed E-state index contributed by atoms with van der Waals surface area (Å²) < 4.78 is 0. The zero-order valence-electron chi connectivity index (χ0n) is 8.77. The highest BCUT2D eigenvalue weighted by Gasteiger charge is 2.14. The predicted octanol–water partition coefficient (Wildman–Crippen LogP) is 2.66. The molecule has 3 N–H and O–H groups in total. The minimum atomic E-state index is -0.0504. The molecule has 84 valence electrons. The van der Waals surface area contributed by atoms with Crippen LogP contribution in [0.4, 0.5) is 0 Å². The van der Waals surface area contributed by atoms with Crippen molar-refractivity contribution < 1.29 is 0 Å². The Bertz CT molecular complexity index is 470. The van der Waals surface area contributed by atoms with Crippen LogP contribution in [-0.4, -0.2) is 4.98 Å². The fourth-order valence-corrected chi connectivity index (χ4v) is 2.39. The lowest BCUT2D eigenvalue weighted by Gasteiger charge is -2.15. The lowest BCUT2D eigenvalue weighted by Crippen LogP contribution is -2.28. The molecule has 0 spiro atoms. The summed E-state index contributed by atoms with van der Waals surface area (Å²) in [7, 11) is 0. The molecule has 1 unspecified atom stereocenters. The van der Waals surface area contributed by atoms with E-state index in [1.165, 1.54) is 0 Å². The number of hydrogen-bond donors (Lipinski definition) is 2. The third-order valence-corrected chi connectivity index (χ3v) is 3.68. The van der Waals surface area contributed by atoms with E-state index < -0.39 is 0 Å².